The predicted molar refractivity (Wildman–Crippen MR) is 84.0 cm³/mol. The monoisotopic (exact) mass is 255 g/mol. The number of rotatable bonds is 0. The number of benzene rings is 3. The van der Waals surface area contributed by atoms with Gasteiger partial charge in [-0.2, -0.15) is 0 Å². The summed E-state index contributed by atoms with van der Waals surface area (Å²) in [7, 11) is 0. The number of nitrogens with one attached hydrogen (secondary N) is 1. The van der Waals surface area contributed by atoms with Crippen LogP contribution in [0.15, 0.2) is 60.8 Å². The second kappa shape index (κ2) is 3.51. The van der Waals surface area contributed by atoms with Gasteiger partial charge >= 0.3 is 0 Å². The molecule has 0 bridgehead atoms. The minimum Gasteiger partial charge on any atom is -0.361 e. The molecule has 1 aliphatic rings. The normalized spacial score (nSPS) is 12.8. The highest BCUT2D eigenvalue weighted by atomic mass is 14.7. The van der Waals surface area contributed by atoms with E-state index in [2.05, 4.69) is 59.6 Å². The Kier molecular flexibility index (Phi) is 1.80. The molecule has 0 aliphatic heterocycles. The SMILES string of the molecule is c1ccc2c(c1)Cc1c-2ccc2c1ccc1cc[nH]c12. The van der Waals surface area contributed by atoms with Gasteiger partial charge in [0.15, 0.2) is 0 Å². The summed E-state index contributed by atoms with van der Waals surface area (Å²) < 4.78 is 0. The van der Waals surface area contributed by atoms with E-state index in [9.17, 15) is 0 Å². The third-order valence-electron chi connectivity index (χ3n) is 4.51. The molecule has 0 saturated carbocycles. The third-order valence-corrected chi connectivity index (χ3v) is 4.51. The topological polar surface area (TPSA) is 15.8 Å². The first-order valence-corrected chi connectivity index (χ1v) is 7.02. The minimum absolute atomic E-state index is 1.05. The number of aromatic amines is 1. The van der Waals surface area contributed by atoms with Gasteiger partial charge in [0.25, 0.3) is 0 Å². The van der Waals surface area contributed by atoms with Crippen LogP contribution in [0.5, 0.6) is 0 Å². The maximum absolute atomic E-state index is 3.37. The van der Waals surface area contributed by atoms with E-state index in [1.54, 1.807) is 0 Å². The van der Waals surface area contributed by atoms with Crippen molar-refractivity contribution in [1.82, 2.24) is 4.98 Å². The zero-order valence-electron chi connectivity index (χ0n) is 11.0. The van der Waals surface area contributed by atoms with E-state index in [1.807, 2.05) is 6.20 Å². The van der Waals surface area contributed by atoms with Crippen molar-refractivity contribution in [3.63, 3.8) is 0 Å². The van der Waals surface area contributed by atoms with Gasteiger partial charge in [0.2, 0.25) is 0 Å². The molecule has 1 nitrogen and oxygen atoms in total. The zero-order chi connectivity index (χ0) is 13.1. The smallest absolute Gasteiger partial charge is 0.0533 e. The van der Waals surface area contributed by atoms with Crippen LogP contribution in [-0.4, -0.2) is 4.98 Å². The largest absolute Gasteiger partial charge is 0.361 e. The number of fused-ring (bicyclic) bond motifs is 7. The van der Waals surface area contributed by atoms with E-state index in [4.69, 9.17) is 0 Å². The van der Waals surface area contributed by atoms with Crippen molar-refractivity contribution in [2.75, 3.05) is 0 Å². The Morgan fingerprint density at radius 3 is 2.65 bits per heavy atom. The summed E-state index contributed by atoms with van der Waals surface area (Å²) in [4.78, 5) is 3.37. The average Bonchev–Trinajstić information content (AvgIpc) is 3.11. The van der Waals surface area contributed by atoms with Crippen LogP contribution in [0.25, 0.3) is 32.8 Å². The molecule has 1 heteroatoms. The van der Waals surface area contributed by atoms with Crippen molar-refractivity contribution in [2.45, 2.75) is 6.42 Å². The van der Waals surface area contributed by atoms with Crippen LogP contribution in [-0.2, 0) is 6.42 Å². The maximum atomic E-state index is 3.37. The van der Waals surface area contributed by atoms with Gasteiger partial charge < -0.3 is 4.98 Å². The van der Waals surface area contributed by atoms with Crippen LogP contribution < -0.4 is 0 Å². The van der Waals surface area contributed by atoms with Crippen molar-refractivity contribution < 1.29 is 0 Å². The molecule has 0 saturated heterocycles. The molecule has 20 heavy (non-hydrogen) atoms. The van der Waals surface area contributed by atoms with E-state index in [1.165, 1.54) is 43.9 Å². The van der Waals surface area contributed by atoms with Gasteiger partial charge in [-0.1, -0.05) is 48.5 Å². The van der Waals surface area contributed by atoms with Crippen molar-refractivity contribution in [3.8, 4) is 11.1 Å². The summed E-state index contributed by atoms with van der Waals surface area (Å²) in [6, 6.07) is 19.9. The van der Waals surface area contributed by atoms with E-state index in [-0.39, 0.29) is 0 Å². The Labute approximate surface area is 116 Å². The molecule has 1 aliphatic carbocycles. The van der Waals surface area contributed by atoms with E-state index < -0.39 is 0 Å². The van der Waals surface area contributed by atoms with E-state index in [0.717, 1.165) is 6.42 Å². The highest BCUT2D eigenvalue weighted by Crippen LogP contribution is 2.41. The predicted octanol–water partition coefficient (Wildman–Crippen LogP) is 4.89. The fraction of sp³-hybridized carbons (Fsp3) is 0.0526. The van der Waals surface area contributed by atoms with Crippen LogP contribution in [0.3, 0.4) is 0 Å². The molecule has 0 spiro atoms. The summed E-state index contributed by atoms with van der Waals surface area (Å²) in [5.74, 6) is 0. The van der Waals surface area contributed by atoms with E-state index in [0.29, 0.717) is 0 Å². The highest BCUT2D eigenvalue weighted by molar-refractivity contribution is 6.09. The summed E-state index contributed by atoms with van der Waals surface area (Å²) in [6.07, 6.45) is 3.07. The van der Waals surface area contributed by atoms with Crippen molar-refractivity contribution in [3.05, 3.63) is 71.9 Å². The Bertz CT molecular complexity index is 976. The molecule has 0 radical (unpaired) electrons. The minimum atomic E-state index is 1.05. The second-order valence-corrected chi connectivity index (χ2v) is 5.53. The summed E-state index contributed by atoms with van der Waals surface area (Å²) >= 11 is 0. The number of H-pyrrole nitrogens is 1. The molecular formula is C19H13N. The summed E-state index contributed by atoms with van der Waals surface area (Å²) in [5, 5.41) is 4.00. The number of hydrogen-bond donors (Lipinski definition) is 1. The molecule has 3 aromatic carbocycles. The molecule has 0 fully saturated rings. The quantitative estimate of drug-likeness (QED) is 0.405. The molecule has 94 valence electrons. The van der Waals surface area contributed by atoms with Crippen molar-refractivity contribution >= 4 is 21.7 Å². The molecule has 1 N–H and O–H groups in total. The summed E-state index contributed by atoms with van der Waals surface area (Å²) in [5.41, 5.74) is 6.97. The van der Waals surface area contributed by atoms with Crippen LogP contribution in [0.1, 0.15) is 11.1 Å². The number of aromatic nitrogens is 1. The molecule has 0 unspecified atom stereocenters. The van der Waals surface area contributed by atoms with E-state index >= 15 is 0 Å². The molecule has 5 rings (SSSR count). The van der Waals surface area contributed by atoms with Gasteiger partial charge in [0, 0.05) is 17.0 Å². The Morgan fingerprint density at radius 2 is 1.65 bits per heavy atom. The van der Waals surface area contributed by atoms with Gasteiger partial charge in [0.1, 0.15) is 0 Å². The lowest BCUT2D eigenvalue weighted by Crippen LogP contribution is -1.85. The first kappa shape index (κ1) is 10.3. The molecule has 4 aromatic rings. The maximum Gasteiger partial charge on any atom is 0.0533 e. The first-order valence-electron chi connectivity index (χ1n) is 7.02. The first-order chi connectivity index (χ1) is 9.92. The number of hydrogen-bond acceptors (Lipinski definition) is 0. The van der Waals surface area contributed by atoms with Crippen LogP contribution >= 0.6 is 0 Å². The van der Waals surface area contributed by atoms with Crippen LogP contribution in [0.4, 0.5) is 0 Å². The van der Waals surface area contributed by atoms with Gasteiger partial charge in [-0.3, -0.25) is 0 Å². The Balaban J connectivity index is 1.93. The molecule has 1 heterocycles. The highest BCUT2D eigenvalue weighted by Gasteiger charge is 2.20. The van der Waals surface area contributed by atoms with Gasteiger partial charge in [-0.05, 0) is 40.1 Å². The van der Waals surface area contributed by atoms with Crippen LogP contribution in [0.2, 0.25) is 0 Å². The van der Waals surface area contributed by atoms with Crippen LogP contribution in [0, 0.1) is 0 Å². The fourth-order valence-corrected chi connectivity index (χ4v) is 3.57. The molecular weight excluding hydrogens is 242 g/mol. The van der Waals surface area contributed by atoms with Crippen molar-refractivity contribution in [1.29, 1.82) is 0 Å². The van der Waals surface area contributed by atoms with Gasteiger partial charge in [-0.25, -0.2) is 0 Å². The van der Waals surface area contributed by atoms with Gasteiger partial charge in [-0.15, -0.1) is 0 Å². The van der Waals surface area contributed by atoms with Gasteiger partial charge in [0.05, 0.1) is 5.52 Å². The zero-order valence-corrected chi connectivity index (χ0v) is 11.0. The Hall–Kier alpha value is -2.54. The van der Waals surface area contributed by atoms with Crippen molar-refractivity contribution in [2.24, 2.45) is 0 Å². The fourth-order valence-electron chi connectivity index (χ4n) is 3.57. The summed E-state index contributed by atoms with van der Waals surface area (Å²) in [6.45, 7) is 0. The second-order valence-electron chi connectivity index (χ2n) is 5.53. The third kappa shape index (κ3) is 1.17. The molecule has 1 aromatic heterocycles. The molecule has 0 atom stereocenters. The average molecular weight is 255 g/mol. The Morgan fingerprint density at radius 1 is 0.750 bits per heavy atom. The standard InChI is InChI=1S/C19H13N/c1-2-4-14-13(3-1)11-18-15(14)7-8-17-16(18)6-5-12-9-10-20-19(12)17/h1-10,20H,11H2. The lowest BCUT2D eigenvalue weighted by atomic mass is 9.98. The lowest BCUT2D eigenvalue weighted by Gasteiger charge is -2.07. The lowest BCUT2D eigenvalue weighted by molar-refractivity contribution is 1.28. The molecule has 0 amide bonds.